The summed E-state index contributed by atoms with van der Waals surface area (Å²) in [5.41, 5.74) is 0.848. The van der Waals surface area contributed by atoms with Crippen molar-refractivity contribution in [1.82, 2.24) is 15.5 Å². The third-order valence-electron chi connectivity index (χ3n) is 5.19. The molecular weight excluding hydrogens is 453 g/mol. The molecular formula is C23H23F3N4O2S. The van der Waals surface area contributed by atoms with E-state index in [1.807, 2.05) is 38.1 Å². The van der Waals surface area contributed by atoms with Gasteiger partial charge in [-0.25, -0.2) is 0 Å². The number of carbonyl (C=O) groups is 2. The summed E-state index contributed by atoms with van der Waals surface area (Å²) in [5, 5.41) is 14.2. The fraction of sp³-hybridized carbons (Fsp3) is 0.304. The van der Waals surface area contributed by atoms with Gasteiger partial charge in [-0.1, -0.05) is 67.5 Å². The lowest BCUT2D eigenvalue weighted by Crippen LogP contribution is -2.47. The number of hydrogen-bond donors (Lipinski definition) is 2. The van der Waals surface area contributed by atoms with Crippen LogP contribution in [0.2, 0.25) is 0 Å². The highest BCUT2D eigenvalue weighted by molar-refractivity contribution is 7.18. The quantitative estimate of drug-likeness (QED) is 0.484. The molecule has 0 saturated carbocycles. The minimum atomic E-state index is -4.57. The maximum Gasteiger partial charge on any atom is 0.416 e. The minimum Gasteiger partial charge on any atom is -0.340 e. The van der Waals surface area contributed by atoms with Crippen LogP contribution in [0.5, 0.6) is 0 Å². The first kappa shape index (κ1) is 24.4. The summed E-state index contributed by atoms with van der Waals surface area (Å²) in [6.45, 7) is 5.59. The number of hydrogen-bond acceptors (Lipinski definition) is 5. The molecule has 0 bridgehead atoms. The lowest BCUT2D eigenvalue weighted by Gasteiger charge is -2.23. The predicted octanol–water partition coefficient (Wildman–Crippen LogP) is 5.32. The zero-order chi connectivity index (χ0) is 24.2. The summed E-state index contributed by atoms with van der Waals surface area (Å²) in [6, 6.07) is 10.8. The number of carbonyl (C=O) groups excluding carboxylic acids is 2. The number of anilines is 1. The smallest absolute Gasteiger partial charge is 0.340 e. The number of aromatic nitrogens is 2. The second-order valence-corrected chi connectivity index (χ2v) is 8.66. The molecule has 1 aromatic heterocycles. The number of aryl methyl sites for hydroxylation is 1. The molecule has 1 heterocycles. The number of rotatable bonds is 7. The molecule has 6 nitrogen and oxygen atoms in total. The van der Waals surface area contributed by atoms with E-state index in [1.54, 1.807) is 6.92 Å². The number of amides is 2. The number of nitrogens with zero attached hydrogens (tertiary/aromatic N) is 2. The molecule has 33 heavy (non-hydrogen) atoms. The Morgan fingerprint density at radius 3 is 2.42 bits per heavy atom. The molecule has 2 amide bonds. The fourth-order valence-electron chi connectivity index (χ4n) is 3.03. The second kappa shape index (κ2) is 10.1. The van der Waals surface area contributed by atoms with Crippen LogP contribution in [-0.2, 0) is 11.0 Å². The number of nitrogens with one attached hydrogen (secondary N) is 2. The van der Waals surface area contributed by atoms with Gasteiger partial charge in [0, 0.05) is 11.1 Å². The van der Waals surface area contributed by atoms with Crippen LogP contribution < -0.4 is 10.6 Å². The molecule has 174 valence electrons. The van der Waals surface area contributed by atoms with E-state index < -0.39 is 29.6 Å². The van der Waals surface area contributed by atoms with Crippen molar-refractivity contribution in [3.63, 3.8) is 0 Å². The fourth-order valence-corrected chi connectivity index (χ4v) is 3.78. The van der Waals surface area contributed by atoms with Crippen molar-refractivity contribution in [1.29, 1.82) is 0 Å². The Labute approximate surface area is 193 Å². The standard InChI is InChI=1S/C23H23F3N4O2S/c1-4-14(3)18(27-19(31)16-6-5-7-17(12-16)23(24,25)26)20(32)28-22-30-29-21(33-22)15-10-8-13(2)9-11-15/h5-12,14,18H,4H2,1-3H3,(H,27,31)(H,28,30,32)/t14-,18+/m1/s1. The first-order chi connectivity index (χ1) is 15.6. The zero-order valence-corrected chi connectivity index (χ0v) is 19.1. The van der Waals surface area contributed by atoms with Gasteiger partial charge in [0.2, 0.25) is 11.0 Å². The van der Waals surface area contributed by atoms with Gasteiger partial charge in [-0.05, 0) is 31.0 Å². The molecule has 0 aliphatic carbocycles. The minimum absolute atomic E-state index is 0.177. The molecule has 10 heteroatoms. The van der Waals surface area contributed by atoms with Gasteiger partial charge in [-0.15, -0.1) is 10.2 Å². The van der Waals surface area contributed by atoms with E-state index in [9.17, 15) is 22.8 Å². The molecule has 0 fully saturated rings. The molecule has 0 unspecified atom stereocenters. The van der Waals surface area contributed by atoms with Crippen molar-refractivity contribution < 1.29 is 22.8 Å². The Morgan fingerprint density at radius 1 is 1.09 bits per heavy atom. The molecule has 2 N–H and O–H groups in total. The summed E-state index contributed by atoms with van der Waals surface area (Å²) < 4.78 is 39.0. The molecule has 0 aliphatic rings. The van der Waals surface area contributed by atoms with Crippen LogP contribution >= 0.6 is 11.3 Å². The largest absolute Gasteiger partial charge is 0.416 e. The van der Waals surface area contributed by atoms with Crippen LogP contribution in [0.1, 0.15) is 41.8 Å². The van der Waals surface area contributed by atoms with E-state index in [0.717, 1.165) is 29.3 Å². The number of halogens is 3. The van der Waals surface area contributed by atoms with Gasteiger partial charge in [0.05, 0.1) is 5.56 Å². The van der Waals surface area contributed by atoms with Crippen molar-refractivity contribution in [2.24, 2.45) is 5.92 Å². The normalized spacial score (nSPS) is 13.3. The second-order valence-electron chi connectivity index (χ2n) is 7.68. The van der Waals surface area contributed by atoms with Crippen LogP contribution in [0.15, 0.2) is 48.5 Å². The van der Waals surface area contributed by atoms with Crippen LogP contribution in [0.3, 0.4) is 0 Å². The number of benzene rings is 2. The summed E-state index contributed by atoms with van der Waals surface area (Å²) in [5.74, 6) is -1.56. The molecule has 2 aromatic carbocycles. The van der Waals surface area contributed by atoms with Crippen molar-refractivity contribution in [2.45, 2.75) is 39.4 Å². The van der Waals surface area contributed by atoms with Crippen LogP contribution in [-0.4, -0.2) is 28.1 Å². The van der Waals surface area contributed by atoms with Crippen molar-refractivity contribution >= 4 is 28.3 Å². The Kier molecular flexibility index (Phi) is 7.47. The highest BCUT2D eigenvalue weighted by atomic mass is 32.1. The first-order valence-electron chi connectivity index (χ1n) is 10.3. The molecule has 0 aliphatic heterocycles. The lowest BCUT2D eigenvalue weighted by atomic mass is 9.97. The molecule has 0 radical (unpaired) electrons. The summed E-state index contributed by atoms with van der Waals surface area (Å²) >= 11 is 1.18. The molecule has 0 spiro atoms. The topological polar surface area (TPSA) is 84.0 Å². The van der Waals surface area contributed by atoms with Gasteiger partial charge in [-0.3, -0.25) is 14.9 Å². The van der Waals surface area contributed by atoms with Crippen molar-refractivity contribution in [3.8, 4) is 10.6 Å². The first-order valence-corrected chi connectivity index (χ1v) is 11.1. The summed E-state index contributed by atoms with van der Waals surface area (Å²) in [4.78, 5) is 25.6. The third-order valence-corrected chi connectivity index (χ3v) is 6.08. The van der Waals surface area contributed by atoms with Gasteiger partial charge >= 0.3 is 6.18 Å². The monoisotopic (exact) mass is 476 g/mol. The Bertz CT molecular complexity index is 1130. The van der Waals surface area contributed by atoms with E-state index in [2.05, 4.69) is 20.8 Å². The Hall–Kier alpha value is -3.27. The van der Waals surface area contributed by atoms with Crippen LogP contribution in [0.4, 0.5) is 18.3 Å². The highest BCUT2D eigenvalue weighted by Gasteiger charge is 2.32. The maximum absolute atomic E-state index is 13.0. The van der Waals surface area contributed by atoms with Gasteiger partial charge in [0.1, 0.15) is 11.0 Å². The van der Waals surface area contributed by atoms with E-state index in [0.29, 0.717) is 11.4 Å². The summed E-state index contributed by atoms with van der Waals surface area (Å²) in [7, 11) is 0. The number of alkyl halides is 3. The van der Waals surface area contributed by atoms with E-state index in [1.165, 1.54) is 17.4 Å². The van der Waals surface area contributed by atoms with Gasteiger partial charge in [0.15, 0.2) is 0 Å². The third kappa shape index (κ3) is 6.16. The van der Waals surface area contributed by atoms with Crippen LogP contribution in [0.25, 0.3) is 10.6 Å². The lowest BCUT2D eigenvalue weighted by molar-refractivity contribution is -0.137. The van der Waals surface area contributed by atoms with E-state index >= 15 is 0 Å². The van der Waals surface area contributed by atoms with Crippen molar-refractivity contribution in [3.05, 3.63) is 65.2 Å². The average Bonchev–Trinajstić information content (AvgIpc) is 3.25. The molecule has 3 rings (SSSR count). The SMILES string of the molecule is CC[C@@H](C)[C@H](NC(=O)c1cccc(C(F)(F)F)c1)C(=O)Nc1nnc(-c2ccc(C)cc2)s1. The highest BCUT2D eigenvalue weighted by Crippen LogP contribution is 2.30. The van der Waals surface area contributed by atoms with E-state index in [4.69, 9.17) is 0 Å². The van der Waals surface area contributed by atoms with Gasteiger partial charge in [0.25, 0.3) is 5.91 Å². The average molecular weight is 477 g/mol. The van der Waals surface area contributed by atoms with Crippen LogP contribution in [0, 0.1) is 12.8 Å². The molecule has 2 atom stereocenters. The van der Waals surface area contributed by atoms with Crippen molar-refractivity contribution in [2.75, 3.05) is 5.32 Å². The Morgan fingerprint density at radius 2 is 1.79 bits per heavy atom. The van der Waals surface area contributed by atoms with E-state index in [-0.39, 0.29) is 16.6 Å². The predicted molar refractivity (Wildman–Crippen MR) is 121 cm³/mol. The van der Waals surface area contributed by atoms with Gasteiger partial charge in [-0.2, -0.15) is 13.2 Å². The molecule has 0 saturated heterocycles. The Balaban J connectivity index is 1.74. The van der Waals surface area contributed by atoms with Gasteiger partial charge < -0.3 is 5.32 Å². The maximum atomic E-state index is 13.0. The molecule has 3 aromatic rings. The zero-order valence-electron chi connectivity index (χ0n) is 18.2. The summed E-state index contributed by atoms with van der Waals surface area (Å²) in [6.07, 6.45) is -4.01.